The third-order valence-electron chi connectivity index (χ3n) is 10.9. The van der Waals surface area contributed by atoms with Crippen molar-refractivity contribution in [2.24, 2.45) is 9.98 Å². The summed E-state index contributed by atoms with van der Waals surface area (Å²) >= 11 is 1.90. The van der Waals surface area contributed by atoms with Gasteiger partial charge in [0.1, 0.15) is 12.0 Å². The number of para-hydroxylation sites is 1. The van der Waals surface area contributed by atoms with E-state index in [1.54, 1.807) is 0 Å². The summed E-state index contributed by atoms with van der Waals surface area (Å²) in [6.45, 7) is 0. The number of aliphatic imine (C=N–C) groups is 2. The van der Waals surface area contributed by atoms with Gasteiger partial charge in [-0.2, -0.15) is 0 Å². The summed E-state index contributed by atoms with van der Waals surface area (Å²) in [5.74, 6) is 1.51. The Morgan fingerprint density at radius 3 is 1.79 bits per heavy atom. The lowest BCUT2D eigenvalue weighted by Gasteiger charge is -2.23. The van der Waals surface area contributed by atoms with E-state index in [-0.39, 0.29) is 6.17 Å². The van der Waals surface area contributed by atoms with Gasteiger partial charge >= 0.3 is 0 Å². The molecule has 0 fully saturated rings. The van der Waals surface area contributed by atoms with Crippen LogP contribution in [-0.4, -0.2) is 16.2 Å². The molecule has 5 heteroatoms. The summed E-state index contributed by atoms with van der Waals surface area (Å²) in [5, 5.41) is 8.63. The quantitative estimate of drug-likeness (QED) is 0.182. The standard InChI is InChI=1S/C51H34N4S/c1-4-15-33(16-5-1)39-24-13-26-42-43-27-14-25-40(48(43)56-47(39)42)36-29-30-46-44(32-36)41-23-10-11-28-45(41)55(46)38-22-12-21-37(31-38)51-53-49(34-17-6-2-7-18-34)52-50(54-51)35-19-8-3-9-20-35/h1-32,49H,(H,52,53,54). The van der Waals surface area contributed by atoms with Crippen LogP contribution in [0.4, 0.5) is 0 Å². The van der Waals surface area contributed by atoms with E-state index in [1.165, 1.54) is 53.2 Å². The lowest BCUT2D eigenvalue weighted by Crippen LogP contribution is -2.33. The first-order valence-corrected chi connectivity index (χ1v) is 19.8. The third-order valence-corrected chi connectivity index (χ3v) is 12.1. The molecule has 0 aliphatic carbocycles. The lowest BCUT2D eigenvalue weighted by molar-refractivity contribution is 0.674. The Kier molecular flexibility index (Phi) is 7.71. The molecule has 0 spiro atoms. The number of hydrogen-bond donors (Lipinski definition) is 1. The van der Waals surface area contributed by atoms with Gasteiger partial charge in [0.2, 0.25) is 0 Å². The van der Waals surface area contributed by atoms with Crippen molar-refractivity contribution in [3.05, 3.63) is 211 Å². The van der Waals surface area contributed by atoms with Crippen LogP contribution in [0.15, 0.2) is 204 Å². The second kappa shape index (κ2) is 13.3. The van der Waals surface area contributed by atoms with E-state index in [1.807, 2.05) is 35.6 Å². The number of aromatic nitrogens is 1. The number of thiophene rings is 1. The maximum absolute atomic E-state index is 5.16. The van der Waals surface area contributed by atoms with Crippen LogP contribution in [0, 0.1) is 0 Å². The fourth-order valence-corrected chi connectivity index (χ4v) is 9.59. The molecule has 0 radical (unpaired) electrons. The first-order valence-electron chi connectivity index (χ1n) is 18.9. The Hall–Kier alpha value is -7.08. The Bertz CT molecular complexity index is 3160. The van der Waals surface area contributed by atoms with Crippen molar-refractivity contribution in [2.45, 2.75) is 6.17 Å². The van der Waals surface area contributed by atoms with Gasteiger partial charge in [-0.3, -0.25) is 0 Å². The van der Waals surface area contributed by atoms with Gasteiger partial charge in [-0.05, 0) is 58.1 Å². The van der Waals surface area contributed by atoms with E-state index < -0.39 is 0 Å². The fourth-order valence-electron chi connectivity index (χ4n) is 8.22. The SMILES string of the molecule is c1ccc(C2=NC(c3cccc(-n4c5ccccc5c5cc(-c6cccc7c6sc6c(-c8ccccc8)cccc67)ccc54)c3)=NC(c3ccccc3)N2)cc1. The van der Waals surface area contributed by atoms with Gasteiger partial charge < -0.3 is 9.88 Å². The molecule has 0 bridgehead atoms. The number of hydrogen-bond acceptors (Lipinski definition) is 4. The number of fused-ring (bicyclic) bond motifs is 6. The summed E-state index contributed by atoms with van der Waals surface area (Å²) in [4.78, 5) is 10.3. The molecule has 4 nitrogen and oxygen atoms in total. The van der Waals surface area contributed by atoms with Crippen LogP contribution in [0.25, 0.3) is 69.9 Å². The lowest BCUT2D eigenvalue weighted by atomic mass is 9.99. The van der Waals surface area contributed by atoms with E-state index in [2.05, 4.69) is 180 Å². The summed E-state index contributed by atoms with van der Waals surface area (Å²) in [6.07, 6.45) is -0.260. The topological polar surface area (TPSA) is 41.7 Å². The maximum atomic E-state index is 5.16. The number of rotatable bonds is 6. The van der Waals surface area contributed by atoms with Crippen LogP contribution in [0.3, 0.4) is 0 Å². The minimum absolute atomic E-state index is 0.260. The monoisotopic (exact) mass is 734 g/mol. The molecule has 1 aliphatic rings. The van der Waals surface area contributed by atoms with Crippen LogP contribution in [0.5, 0.6) is 0 Å². The second-order valence-electron chi connectivity index (χ2n) is 14.2. The molecule has 2 aromatic heterocycles. The van der Waals surface area contributed by atoms with Crippen molar-refractivity contribution < 1.29 is 0 Å². The predicted molar refractivity (Wildman–Crippen MR) is 236 cm³/mol. The van der Waals surface area contributed by atoms with E-state index in [0.717, 1.165) is 39.2 Å². The molecule has 0 saturated heterocycles. The first kappa shape index (κ1) is 32.4. The van der Waals surface area contributed by atoms with Gasteiger partial charge in [0, 0.05) is 47.8 Å². The van der Waals surface area contributed by atoms with E-state index in [0.29, 0.717) is 5.84 Å². The molecule has 1 unspecified atom stereocenters. The van der Waals surface area contributed by atoms with Crippen molar-refractivity contribution >= 4 is 65.0 Å². The molecule has 1 N–H and O–H groups in total. The number of nitrogens with one attached hydrogen (secondary N) is 1. The van der Waals surface area contributed by atoms with Crippen LogP contribution in [-0.2, 0) is 0 Å². The van der Waals surface area contributed by atoms with Crippen LogP contribution >= 0.6 is 11.3 Å². The fraction of sp³-hybridized carbons (Fsp3) is 0.0196. The molecule has 0 amide bonds. The molecule has 56 heavy (non-hydrogen) atoms. The van der Waals surface area contributed by atoms with E-state index >= 15 is 0 Å². The highest BCUT2D eigenvalue weighted by Gasteiger charge is 2.22. The van der Waals surface area contributed by atoms with Gasteiger partial charge in [0.05, 0.1) is 11.0 Å². The van der Waals surface area contributed by atoms with Crippen LogP contribution in [0.1, 0.15) is 22.9 Å². The number of nitrogens with zero attached hydrogens (tertiary/aromatic N) is 3. The highest BCUT2D eigenvalue weighted by atomic mass is 32.1. The third kappa shape index (κ3) is 5.44. The van der Waals surface area contributed by atoms with Gasteiger partial charge in [-0.15, -0.1) is 11.3 Å². The van der Waals surface area contributed by atoms with E-state index in [4.69, 9.17) is 9.98 Å². The average molecular weight is 735 g/mol. The minimum atomic E-state index is -0.260. The zero-order chi connectivity index (χ0) is 37.0. The van der Waals surface area contributed by atoms with Gasteiger partial charge in [0.25, 0.3) is 0 Å². The number of benzene rings is 8. The smallest absolute Gasteiger partial charge is 0.159 e. The molecule has 11 rings (SSSR count). The largest absolute Gasteiger partial charge is 0.344 e. The molecule has 10 aromatic rings. The highest BCUT2D eigenvalue weighted by Crippen LogP contribution is 2.45. The van der Waals surface area contributed by atoms with Crippen LogP contribution in [0.2, 0.25) is 0 Å². The van der Waals surface area contributed by atoms with Gasteiger partial charge in [-0.1, -0.05) is 164 Å². The van der Waals surface area contributed by atoms with Gasteiger partial charge in [-0.25, -0.2) is 9.98 Å². The van der Waals surface area contributed by atoms with Gasteiger partial charge in [0.15, 0.2) is 5.84 Å². The van der Waals surface area contributed by atoms with Crippen molar-refractivity contribution in [1.29, 1.82) is 0 Å². The zero-order valence-electron chi connectivity index (χ0n) is 30.3. The molecule has 1 atom stereocenters. The second-order valence-corrected chi connectivity index (χ2v) is 15.2. The number of amidine groups is 2. The Morgan fingerprint density at radius 1 is 0.446 bits per heavy atom. The van der Waals surface area contributed by atoms with Crippen molar-refractivity contribution in [3.8, 4) is 27.9 Å². The summed E-state index contributed by atoms with van der Waals surface area (Å²) in [5.41, 5.74) is 11.5. The highest BCUT2D eigenvalue weighted by molar-refractivity contribution is 7.26. The molecule has 1 aliphatic heterocycles. The summed E-state index contributed by atoms with van der Waals surface area (Å²) in [7, 11) is 0. The molecular formula is C51H34N4S. The van der Waals surface area contributed by atoms with Crippen molar-refractivity contribution in [2.75, 3.05) is 0 Å². The first-order chi connectivity index (χ1) is 27.8. The summed E-state index contributed by atoms with van der Waals surface area (Å²) < 4.78 is 5.02. The molecule has 3 heterocycles. The van der Waals surface area contributed by atoms with Crippen molar-refractivity contribution in [1.82, 2.24) is 9.88 Å². The molecule has 0 saturated carbocycles. The molecular weight excluding hydrogens is 701 g/mol. The van der Waals surface area contributed by atoms with Crippen molar-refractivity contribution in [3.63, 3.8) is 0 Å². The van der Waals surface area contributed by atoms with Crippen LogP contribution < -0.4 is 5.32 Å². The summed E-state index contributed by atoms with van der Waals surface area (Å²) in [6, 6.07) is 69.1. The minimum Gasteiger partial charge on any atom is -0.344 e. The van der Waals surface area contributed by atoms with E-state index in [9.17, 15) is 0 Å². The molecule has 8 aromatic carbocycles. The molecule has 264 valence electrons. The maximum Gasteiger partial charge on any atom is 0.159 e. The Balaban J connectivity index is 1.04. The average Bonchev–Trinajstić information content (AvgIpc) is 3.83. The normalized spacial score (nSPS) is 14.2. The predicted octanol–water partition coefficient (Wildman–Crippen LogP) is 13.0. The zero-order valence-corrected chi connectivity index (χ0v) is 31.1. The Morgan fingerprint density at radius 2 is 1.04 bits per heavy atom. The Labute approximate surface area is 328 Å².